The summed E-state index contributed by atoms with van der Waals surface area (Å²) in [5.41, 5.74) is 3.31. The number of alkyl halides is 1. The van der Waals surface area contributed by atoms with Gasteiger partial charge in [-0.25, -0.2) is 5.01 Å². The fraction of sp³-hybridized carbons (Fsp3) is 0.238. The van der Waals surface area contributed by atoms with Crippen molar-refractivity contribution in [2.45, 2.75) is 24.8 Å². The van der Waals surface area contributed by atoms with Crippen LogP contribution in [0.5, 0.6) is 11.5 Å². The number of hydrogen-bond donors (Lipinski definition) is 2. The van der Waals surface area contributed by atoms with Gasteiger partial charge in [-0.05, 0) is 29.8 Å². The summed E-state index contributed by atoms with van der Waals surface area (Å²) < 4.78 is 10.3. The number of β-lactam (4-membered cyclic amide) rings is 1. The van der Waals surface area contributed by atoms with Gasteiger partial charge in [0.25, 0.3) is 5.91 Å². The van der Waals surface area contributed by atoms with E-state index in [4.69, 9.17) is 32.7 Å². The van der Waals surface area contributed by atoms with Gasteiger partial charge in [0.1, 0.15) is 17.8 Å². The van der Waals surface area contributed by atoms with Crippen LogP contribution in [-0.4, -0.2) is 41.2 Å². The third-order valence-electron chi connectivity index (χ3n) is 4.53. The van der Waals surface area contributed by atoms with Gasteiger partial charge in [-0.2, -0.15) is 0 Å². The van der Waals surface area contributed by atoms with Crippen molar-refractivity contribution < 1.29 is 28.7 Å². The molecule has 0 aliphatic carbocycles. The van der Waals surface area contributed by atoms with Crippen LogP contribution in [0.3, 0.4) is 0 Å². The molecule has 1 fully saturated rings. The van der Waals surface area contributed by atoms with Crippen molar-refractivity contribution in [3.05, 3.63) is 53.1 Å². The van der Waals surface area contributed by atoms with Crippen LogP contribution in [0.2, 0.25) is 5.02 Å². The van der Waals surface area contributed by atoms with Crippen LogP contribution in [0.4, 0.5) is 5.69 Å². The standard InChI is InChI=1S/C21H19Cl2N3O6/c1-11(27)32-15-8-7-12(9-16(15)31-2)20-19(23)21(30)26(20)25-18(29)10-17(28)24-14-6-4-3-5-13(14)22/h3-9,19-20H,10H2,1-2H3,(H,24,28)(H,25,29)/t19-,20+/m0/s1. The number of carbonyl (C=O) groups excluding carboxylic acids is 4. The van der Waals surface area contributed by atoms with Crippen molar-refractivity contribution in [1.29, 1.82) is 0 Å². The number of nitrogens with one attached hydrogen (secondary N) is 2. The van der Waals surface area contributed by atoms with E-state index in [2.05, 4.69) is 10.7 Å². The molecule has 1 aliphatic rings. The van der Waals surface area contributed by atoms with Crippen molar-refractivity contribution in [1.82, 2.24) is 10.4 Å². The molecule has 2 N–H and O–H groups in total. The monoisotopic (exact) mass is 479 g/mol. The second-order valence-electron chi connectivity index (χ2n) is 6.80. The number of amides is 3. The van der Waals surface area contributed by atoms with Crippen molar-refractivity contribution in [2.75, 3.05) is 12.4 Å². The molecule has 11 heteroatoms. The lowest BCUT2D eigenvalue weighted by Gasteiger charge is -2.44. The Morgan fingerprint density at radius 3 is 2.47 bits per heavy atom. The van der Waals surface area contributed by atoms with E-state index < -0.39 is 41.5 Å². The third kappa shape index (κ3) is 5.12. The summed E-state index contributed by atoms with van der Waals surface area (Å²) in [7, 11) is 1.40. The van der Waals surface area contributed by atoms with Crippen molar-refractivity contribution >= 4 is 52.6 Å². The van der Waals surface area contributed by atoms with E-state index in [1.807, 2.05) is 0 Å². The molecule has 0 bridgehead atoms. The molecule has 0 radical (unpaired) electrons. The van der Waals surface area contributed by atoms with E-state index in [1.165, 1.54) is 20.1 Å². The van der Waals surface area contributed by atoms with Crippen LogP contribution in [0.25, 0.3) is 0 Å². The summed E-state index contributed by atoms with van der Waals surface area (Å²) in [6.45, 7) is 1.26. The highest BCUT2D eigenvalue weighted by Crippen LogP contribution is 2.40. The van der Waals surface area contributed by atoms with Crippen LogP contribution < -0.4 is 20.2 Å². The molecule has 1 saturated heterocycles. The topological polar surface area (TPSA) is 114 Å². The molecule has 0 aromatic heterocycles. The van der Waals surface area contributed by atoms with Crippen molar-refractivity contribution in [2.24, 2.45) is 0 Å². The van der Waals surface area contributed by atoms with Crippen LogP contribution >= 0.6 is 23.2 Å². The molecular formula is C21H19Cl2N3O6. The lowest BCUT2D eigenvalue weighted by Crippen LogP contribution is -2.63. The van der Waals surface area contributed by atoms with Gasteiger partial charge < -0.3 is 14.8 Å². The van der Waals surface area contributed by atoms with Crippen LogP contribution in [0.1, 0.15) is 24.9 Å². The highest BCUT2D eigenvalue weighted by atomic mass is 35.5. The number of hydrazine groups is 1. The van der Waals surface area contributed by atoms with Gasteiger partial charge in [0.15, 0.2) is 11.5 Å². The minimum absolute atomic E-state index is 0.201. The second-order valence-corrected chi connectivity index (χ2v) is 7.68. The number of anilines is 1. The maximum Gasteiger partial charge on any atom is 0.308 e. The lowest BCUT2D eigenvalue weighted by atomic mass is 9.95. The minimum Gasteiger partial charge on any atom is -0.493 e. The number of esters is 1. The number of hydrogen-bond acceptors (Lipinski definition) is 6. The SMILES string of the molecule is COc1cc([C@@H]2[C@H](Cl)C(=O)N2NC(=O)CC(=O)Nc2ccccc2Cl)ccc1OC(C)=O. The van der Waals surface area contributed by atoms with Crippen molar-refractivity contribution in [3.8, 4) is 11.5 Å². The summed E-state index contributed by atoms with van der Waals surface area (Å²) in [6, 6.07) is 10.5. The number of rotatable bonds is 7. The molecule has 2 aromatic rings. The Morgan fingerprint density at radius 2 is 1.81 bits per heavy atom. The number of methoxy groups -OCH3 is 1. The second kappa shape index (κ2) is 9.88. The molecule has 2 atom stereocenters. The molecule has 2 aromatic carbocycles. The Morgan fingerprint density at radius 1 is 1.09 bits per heavy atom. The largest absolute Gasteiger partial charge is 0.493 e. The zero-order valence-corrected chi connectivity index (χ0v) is 18.6. The molecule has 9 nitrogen and oxygen atoms in total. The average Bonchev–Trinajstić information content (AvgIpc) is 2.75. The number of ether oxygens (including phenoxy) is 2. The first kappa shape index (κ1) is 23.4. The predicted molar refractivity (Wildman–Crippen MR) is 116 cm³/mol. The Labute approximate surface area is 193 Å². The van der Waals surface area contributed by atoms with Gasteiger partial charge in [0.2, 0.25) is 11.8 Å². The van der Waals surface area contributed by atoms with Gasteiger partial charge in [-0.1, -0.05) is 29.8 Å². The molecule has 1 heterocycles. The Kier molecular flexibility index (Phi) is 7.22. The average molecular weight is 480 g/mol. The molecule has 3 amide bonds. The normalized spacial score (nSPS) is 17.2. The Hall–Kier alpha value is -3.30. The first-order valence-corrected chi connectivity index (χ1v) is 10.2. The Balaban J connectivity index is 1.67. The molecule has 3 rings (SSSR count). The van der Waals surface area contributed by atoms with E-state index in [1.54, 1.807) is 36.4 Å². The zero-order chi connectivity index (χ0) is 23.4. The van der Waals surface area contributed by atoms with Crippen LogP contribution in [-0.2, 0) is 19.2 Å². The summed E-state index contributed by atoms with van der Waals surface area (Å²) in [4.78, 5) is 47.9. The molecule has 1 aliphatic heterocycles. The summed E-state index contributed by atoms with van der Waals surface area (Å²) in [5, 5.41) is 2.97. The number of nitrogens with zero attached hydrogens (tertiary/aromatic N) is 1. The van der Waals surface area contributed by atoms with E-state index in [0.29, 0.717) is 16.3 Å². The first-order valence-electron chi connectivity index (χ1n) is 9.38. The Bertz CT molecular complexity index is 1080. The minimum atomic E-state index is -0.934. The van der Waals surface area contributed by atoms with E-state index >= 15 is 0 Å². The molecule has 168 valence electrons. The van der Waals surface area contributed by atoms with E-state index in [9.17, 15) is 19.2 Å². The molecule has 0 saturated carbocycles. The number of carbonyl (C=O) groups is 4. The van der Waals surface area contributed by atoms with Gasteiger partial charge in [-0.3, -0.25) is 24.6 Å². The highest BCUT2D eigenvalue weighted by Gasteiger charge is 2.48. The number of halogens is 2. The van der Waals surface area contributed by atoms with Gasteiger partial charge >= 0.3 is 5.97 Å². The molecule has 0 spiro atoms. The maximum atomic E-state index is 12.3. The summed E-state index contributed by atoms with van der Waals surface area (Å²) in [6.07, 6.45) is -0.538. The third-order valence-corrected chi connectivity index (χ3v) is 5.28. The maximum absolute atomic E-state index is 12.3. The smallest absolute Gasteiger partial charge is 0.308 e. The van der Waals surface area contributed by atoms with Crippen LogP contribution in [0.15, 0.2) is 42.5 Å². The van der Waals surface area contributed by atoms with E-state index in [0.717, 1.165) is 5.01 Å². The quantitative estimate of drug-likeness (QED) is 0.207. The zero-order valence-electron chi connectivity index (χ0n) is 17.1. The molecular weight excluding hydrogens is 461 g/mol. The first-order chi connectivity index (χ1) is 15.2. The van der Waals surface area contributed by atoms with E-state index in [-0.39, 0.29) is 11.5 Å². The fourth-order valence-corrected chi connectivity index (χ4v) is 3.63. The highest BCUT2D eigenvalue weighted by molar-refractivity contribution is 6.34. The molecule has 0 unspecified atom stereocenters. The van der Waals surface area contributed by atoms with Crippen LogP contribution in [0, 0.1) is 0 Å². The van der Waals surface area contributed by atoms with Gasteiger partial charge in [0.05, 0.1) is 17.8 Å². The summed E-state index contributed by atoms with van der Waals surface area (Å²) in [5.74, 6) is -1.90. The lowest BCUT2D eigenvalue weighted by molar-refractivity contribution is -0.157. The van der Waals surface area contributed by atoms with Gasteiger partial charge in [0, 0.05) is 6.92 Å². The van der Waals surface area contributed by atoms with Crippen molar-refractivity contribution in [3.63, 3.8) is 0 Å². The fourth-order valence-electron chi connectivity index (χ4n) is 3.08. The number of para-hydroxylation sites is 1. The summed E-state index contributed by atoms with van der Waals surface area (Å²) >= 11 is 12.2. The predicted octanol–water partition coefficient (Wildman–Crippen LogP) is 2.82. The number of benzene rings is 2. The van der Waals surface area contributed by atoms with Gasteiger partial charge in [-0.15, -0.1) is 11.6 Å². The molecule has 32 heavy (non-hydrogen) atoms.